The zero-order valence-corrected chi connectivity index (χ0v) is 29.9. The highest BCUT2D eigenvalue weighted by molar-refractivity contribution is 5.94. The molecule has 1 aromatic heterocycles. The minimum absolute atomic E-state index is 0.0124. The predicted octanol–water partition coefficient (Wildman–Crippen LogP) is 4.75. The standard InChI is InChI=1S/C39H51N7O4/c1-6-25(2)20-31(23-40)44-35(47)24-43-19-18-39(37-45-38(49)50-46(37)32-10-8-7-9-11-32)33-16-14-27(26(3)41-4)21-28(33)12-13-29-22-30(36(48)42-5)15-17-34(29)39/h14-17,21-22,25,31-32,41,43H,3,6-13,18-20,24H2,1-2,4-5H3,(H,42,48)(H,44,47)/t25-,31?,39?/m0/s1. The molecule has 2 aliphatic carbocycles. The number of hydrogen-bond donors (Lipinski definition) is 4. The summed E-state index contributed by atoms with van der Waals surface area (Å²) >= 11 is 0. The Morgan fingerprint density at radius 1 is 1.06 bits per heavy atom. The number of carbonyl (C=O) groups excluding carboxylic acids is 2. The molecule has 0 spiro atoms. The molecule has 3 atom stereocenters. The van der Waals surface area contributed by atoms with Crippen molar-refractivity contribution in [2.45, 2.75) is 95.6 Å². The van der Waals surface area contributed by atoms with Gasteiger partial charge in [0.1, 0.15) is 6.04 Å². The molecule has 0 saturated heterocycles. The minimum Gasteiger partial charge on any atom is -0.388 e. The largest absolute Gasteiger partial charge is 0.459 e. The second kappa shape index (κ2) is 16.3. The van der Waals surface area contributed by atoms with Crippen molar-refractivity contribution in [3.8, 4) is 6.07 Å². The van der Waals surface area contributed by atoms with E-state index < -0.39 is 17.2 Å². The summed E-state index contributed by atoms with van der Waals surface area (Å²) in [5.74, 6) is -0.208. The summed E-state index contributed by atoms with van der Waals surface area (Å²) in [4.78, 5) is 43.7. The summed E-state index contributed by atoms with van der Waals surface area (Å²) in [6, 6.07) is 13.7. The van der Waals surface area contributed by atoms with E-state index in [0.717, 1.165) is 72.0 Å². The molecule has 266 valence electrons. The number of carbonyl (C=O) groups is 2. The third kappa shape index (κ3) is 7.71. The molecule has 0 aliphatic heterocycles. The molecule has 1 fully saturated rings. The third-order valence-corrected chi connectivity index (χ3v) is 10.6. The summed E-state index contributed by atoms with van der Waals surface area (Å²) in [7, 11) is 3.46. The number of nitriles is 1. The number of nitrogens with one attached hydrogen (secondary N) is 4. The first-order valence-corrected chi connectivity index (χ1v) is 18.0. The van der Waals surface area contributed by atoms with Gasteiger partial charge in [-0.05, 0) is 97.0 Å². The number of nitrogens with zero attached hydrogens (tertiary/aromatic N) is 3. The van der Waals surface area contributed by atoms with Crippen LogP contribution in [0, 0.1) is 17.2 Å². The molecule has 0 bridgehead atoms. The smallest absolute Gasteiger partial charge is 0.388 e. The van der Waals surface area contributed by atoms with Crippen LogP contribution in [0.3, 0.4) is 0 Å². The predicted molar refractivity (Wildman–Crippen MR) is 194 cm³/mol. The van der Waals surface area contributed by atoms with E-state index in [0.29, 0.717) is 49.5 Å². The molecule has 11 nitrogen and oxygen atoms in total. The summed E-state index contributed by atoms with van der Waals surface area (Å²) in [6.07, 6.45) is 8.30. The van der Waals surface area contributed by atoms with Gasteiger partial charge in [0.05, 0.1) is 24.1 Å². The van der Waals surface area contributed by atoms with Crippen molar-refractivity contribution in [1.82, 2.24) is 31.0 Å². The van der Waals surface area contributed by atoms with E-state index in [9.17, 15) is 19.6 Å². The summed E-state index contributed by atoms with van der Waals surface area (Å²) in [5.41, 5.74) is 5.37. The Morgan fingerprint density at radius 2 is 1.72 bits per heavy atom. The third-order valence-electron chi connectivity index (χ3n) is 10.6. The molecule has 3 aromatic rings. The summed E-state index contributed by atoms with van der Waals surface area (Å²) < 4.78 is 7.72. The lowest BCUT2D eigenvalue weighted by atomic mass is 9.68. The highest BCUT2D eigenvalue weighted by Crippen LogP contribution is 2.48. The van der Waals surface area contributed by atoms with Crippen LogP contribution in [0.2, 0.25) is 0 Å². The Bertz CT molecular complexity index is 1730. The maximum absolute atomic E-state index is 13.2. The number of fused-ring (bicyclic) bond motifs is 2. The molecule has 1 heterocycles. The average molecular weight is 682 g/mol. The fourth-order valence-corrected chi connectivity index (χ4v) is 7.65. The lowest BCUT2D eigenvalue weighted by Gasteiger charge is -2.37. The molecule has 11 heteroatoms. The van der Waals surface area contributed by atoms with Gasteiger partial charge in [-0.3, -0.25) is 9.59 Å². The number of rotatable bonds is 14. The van der Waals surface area contributed by atoms with E-state index in [1.54, 1.807) is 11.8 Å². The Labute approximate surface area is 294 Å². The Morgan fingerprint density at radius 3 is 2.34 bits per heavy atom. The fraction of sp³-hybridized carbons (Fsp3) is 0.513. The lowest BCUT2D eigenvalue weighted by Crippen LogP contribution is -2.42. The van der Waals surface area contributed by atoms with Crippen LogP contribution in [0.4, 0.5) is 0 Å². The van der Waals surface area contributed by atoms with Crippen LogP contribution in [0.1, 0.15) is 115 Å². The van der Waals surface area contributed by atoms with Crippen LogP contribution in [0.25, 0.3) is 5.70 Å². The van der Waals surface area contributed by atoms with Crippen LogP contribution in [0.15, 0.2) is 52.3 Å². The van der Waals surface area contributed by atoms with Gasteiger partial charge in [0.15, 0.2) is 5.82 Å². The molecular weight excluding hydrogens is 630 g/mol. The highest BCUT2D eigenvalue weighted by Gasteiger charge is 2.46. The van der Waals surface area contributed by atoms with E-state index in [2.05, 4.69) is 64.9 Å². The molecule has 4 N–H and O–H groups in total. The van der Waals surface area contributed by atoms with Gasteiger partial charge in [-0.25, -0.2) is 4.79 Å². The maximum atomic E-state index is 13.2. The van der Waals surface area contributed by atoms with Crippen LogP contribution < -0.4 is 27.0 Å². The molecule has 1 saturated carbocycles. The van der Waals surface area contributed by atoms with E-state index >= 15 is 0 Å². The van der Waals surface area contributed by atoms with E-state index in [1.165, 1.54) is 0 Å². The van der Waals surface area contributed by atoms with Crippen molar-refractivity contribution in [3.05, 3.63) is 92.7 Å². The van der Waals surface area contributed by atoms with E-state index in [4.69, 9.17) is 4.52 Å². The topological polar surface area (TPSA) is 154 Å². The van der Waals surface area contributed by atoms with Crippen LogP contribution in [-0.4, -0.2) is 54.8 Å². The number of aryl methyl sites for hydroxylation is 2. The Balaban J connectivity index is 1.62. The maximum Gasteiger partial charge on any atom is 0.459 e. The monoisotopic (exact) mass is 681 g/mol. The zero-order chi connectivity index (χ0) is 35.8. The van der Waals surface area contributed by atoms with Crippen LogP contribution >= 0.6 is 0 Å². The van der Waals surface area contributed by atoms with Gasteiger partial charge in [0.2, 0.25) is 5.91 Å². The summed E-state index contributed by atoms with van der Waals surface area (Å²) in [6.45, 7) is 8.76. The molecule has 5 rings (SSSR count). The second-order valence-electron chi connectivity index (χ2n) is 13.8. The first-order chi connectivity index (χ1) is 24.1. The van der Waals surface area contributed by atoms with Gasteiger partial charge >= 0.3 is 5.76 Å². The van der Waals surface area contributed by atoms with E-state index in [-0.39, 0.29) is 24.4 Å². The van der Waals surface area contributed by atoms with Crippen molar-refractivity contribution in [2.24, 2.45) is 5.92 Å². The molecule has 2 unspecified atom stereocenters. The molecule has 0 radical (unpaired) electrons. The van der Waals surface area contributed by atoms with Crippen molar-refractivity contribution >= 4 is 17.5 Å². The van der Waals surface area contributed by atoms with Gasteiger partial charge in [-0.15, -0.1) is 0 Å². The average Bonchev–Trinajstić information content (AvgIpc) is 3.48. The second-order valence-corrected chi connectivity index (χ2v) is 13.8. The fourth-order valence-electron chi connectivity index (χ4n) is 7.65. The molecular formula is C39H51N7O4. The normalized spacial score (nSPS) is 18.5. The first-order valence-electron chi connectivity index (χ1n) is 18.0. The van der Waals surface area contributed by atoms with Crippen molar-refractivity contribution in [1.29, 1.82) is 5.26 Å². The lowest BCUT2D eigenvalue weighted by molar-refractivity contribution is -0.120. The molecule has 50 heavy (non-hydrogen) atoms. The number of aromatic nitrogens is 2. The quantitative estimate of drug-likeness (QED) is 0.178. The Kier molecular flexibility index (Phi) is 12.0. The van der Waals surface area contributed by atoms with Gasteiger partial charge < -0.3 is 25.8 Å². The van der Waals surface area contributed by atoms with Gasteiger partial charge in [-0.2, -0.15) is 15.0 Å². The number of amides is 2. The highest BCUT2D eigenvalue weighted by atomic mass is 16.5. The van der Waals surface area contributed by atoms with Gasteiger partial charge in [0.25, 0.3) is 5.91 Å². The SMILES string of the molecule is C=C(NC)c1ccc2c(c1)CCc1cc(C(=O)NC)ccc1C2(CCNCC(=O)NC(C#N)C[C@@H](C)CC)c1nc(=O)on1C1CCCCC1. The summed E-state index contributed by atoms with van der Waals surface area (Å²) in [5, 5.41) is 21.7. The Hall–Kier alpha value is -4.69. The van der Waals surface area contributed by atoms with Crippen LogP contribution in [-0.2, 0) is 23.1 Å². The van der Waals surface area contributed by atoms with Gasteiger partial charge in [-0.1, -0.05) is 64.3 Å². The van der Waals surface area contributed by atoms with E-state index in [1.807, 2.05) is 31.3 Å². The zero-order valence-electron chi connectivity index (χ0n) is 29.9. The molecule has 2 aromatic carbocycles. The minimum atomic E-state index is -0.958. The van der Waals surface area contributed by atoms with Crippen molar-refractivity contribution in [3.63, 3.8) is 0 Å². The number of benzene rings is 2. The molecule has 2 aliphatic rings. The van der Waals surface area contributed by atoms with Crippen molar-refractivity contribution in [2.75, 3.05) is 27.2 Å². The van der Waals surface area contributed by atoms with Crippen molar-refractivity contribution < 1.29 is 14.1 Å². The van der Waals surface area contributed by atoms with Crippen LogP contribution in [0.5, 0.6) is 0 Å². The first kappa shape index (κ1) is 36.6. The van der Waals surface area contributed by atoms with Gasteiger partial charge in [0, 0.05) is 25.4 Å². The number of hydrogen-bond acceptors (Lipinski definition) is 8. The molecule has 2 amide bonds.